The van der Waals surface area contributed by atoms with Crippen LogP contribution in [0.2, 0.25) is 0 Å². The number of ketones is 1. The lowest BCUT2D eigenvalue weighted by Gasteiger charge is -2.28. The Morgan fingerprint density at radius 1 is 0.984 bits per heavy atom. The topological polar surface area (TPSA) is 245 Å². The molecule has 1 saturated heterocycles. The molecule has 1 fully saturated rings. The smallest absolute Gasteiger partial charge is 0.295 e. The highest BCUT2D eigenvalue weighted by molar-refractivity contribution is 6.45. The first-order valence-corrected chi connectivity index (χ1v) is 20.2. The van der Waals surface area contributed by atoms with Crippen molar-refractivity contribution >= 4 is 40.0 Å². The Bertz CT molecular complexity index is 2230. The number of piperidine rings is 1. The quantitative estimate of drug-likeness (QED) is 0.0245. The van der Waals surface area contributed by atoms with Gasteiger partial charge in [-0.25, -0.2) is 9.97 Å². The van der Waals surface area contributed by atoms with E-state index in [9.17, 15) is 29.5 Å². The summed E-state index contributed by atoms with van der Waals surface area (Å²) in [6.45, 7) is 3.32. The number of allylic oxidation sites excluding steroid dienone is 1. The van der Waals surface area contributed by atoms with Gasteiger partial charge < -0.3 is 49.3 Å². The summed E-state index contributed by atoms with van der Waals surface area (Å²) < 4.78 is 28.0. The van der Waals surface area contributed by atoms with Crippen molar-refractivity contribution in [3.05, 3.63) is 71.6 Å². The zero-order valence-corrected chi connectivity index (χ0v) is 34.6. The van der Waals surface area contributed by atoms with E-state index in [-0.39, 0.29) is 79.1 Å². The molecule has 1 aliphatic heterocycles. The summed E-state index contributed by atoms with van der Waals surface area (Å²) in [5.74, 6) is 0.211. The summed E-state index contributed by atoms with van der Waals surface area (Å²) in [5.41, 5.74) is 2.63. The number of nitriles is 1. The molecule has 4 aromatic rings. The Morgan fingerprint density at radius 3 is 2.34 bits per heavy atom. The van der Waals surface area contributed by atoms with E-state index in [1.165, 1.54) is 29.1 Å². The molecule has 19 heteroatoms. The van der Waals surface area contributed by atoms with Crippen molar-refractivity contribution in [1.29, 1.82) is 5.26 Å². The zero-order valence-electron chi connectivity index (χ0n) is 34.6. The third kappa shape index (κ3) is 12.8. The number of fused-ring (bicyclic) bond motifs is 1. The molecule has 1 aliphatic rings. The number of methoxy groups -OCH3 is 1. The molecule has 0 aliphatic carbocycles. The van der Waals surface area contributed by atoms with E-state index in [1.807, 2.05) is 30.3 Å². The molecule has 0 saturated carbocycles. The van der Waals surface area contributed by atoms with E-state index in [2.05, 4.69) is 42.7 Å². The van der Waals surface area contributed by atoms with E-state index in [4.69, 9.17) is 30.1 Å². The molecule has 0 bridgehead atoms. The van der Waals surface area contributed by atoms with Gasteiger partial charge in [0.15, 0.2) is 5.82 Å². The fourth-order valence-corrected chi connectivity index (χ4v) is 6.67. The van der Waals surface area contributed by atoms with Crippen molar-refractivity contribution in [2.45, 2.75) is 38.1 Å². The van der Waals surface area contributed by atoms with Crippen LogP contribution < -0.4 is 15.4 Å². The summed E-state index contributed by atoms with van der Waals surface area (Å²) in [6, 6.07) is 11.0. The maximum absolute atomic E-state index is 13.8. The molecule has 4 heterocycles. The third-order valence-corrected chi connectivity index (χ3v) is 9.83. The van der Waals surface area contributed by atoms with Crippen LogP contribution in [0.15, 0.2) is 54.6 Å². The molecule has 4 N–H and O–H groups in total. The first-order valence-electron chi connectivity index (χ1n) is 20.2. The molecular weight excluding hydrogens is 803 g/mol. The number of Topliss-reactive ketones (excluding diaryl/α,β-unsaturated/α-hetero) is 1. The minimum Gasteiger partial charge on any atom is -0.494 e. The molecule has 19 nitrogen and oxygen atoms in total. The second-order valence-electron chi connectivity index (χ2n) is 13.9. The van der Waals surface area contributed by atoms with Crippen molar-refractivity contribution in [2.75, 3.05) is 86.2 Å². The van der Waals surface area contributed by atoms with E-state index >= 15 is 0 Å². The van der Waals surface area contributed by atoms with Crippen LogP contribution in [0.5, 0.6) is 5.75 Å². The Kier molecular flexibility index (Phi) is 18.6. The molecule has 3 aromatic heterocycles. The van der Waals surface area contributed by atoms with Gasteiger partial charge in [-0.05, 0) is 36.8 Å². The minimum atomic E-state index is -0.770. The first kappa shape index (κ1) is 46.6. The number of rotatable bonds is 25. The fourth-order valence-electron chi connectivity index (χ4n) is 6.67. The van der Waals surface area contributed by atoms with E-state index in [0.29, 0.717) is 77.4 Å². The summed E-state index contributed by atoms with van der Waals surface area (Å²) in [4.78, 5) is 66.1. The van der Waals surface area contributed by atoms with Crippen molar-refractivity contribution in [3.8, 4) is 30.0 Å². The number of carbonyl (C=O) groups is 4. The number of H-pyrrole nitrogens is 1. The van der Waals surface area contributed by atoms with Gasteiger partial charge >= 0.3 is 0 Å². The number of nitrogens with one attached hydrogen (secondary N) is 3. The first-order chi connectivity index (χ1) is 30.3. The number of benzene rings is 1. The van der Waals surface area contributed by atoms with Gasteiger partial charge in [-0.2, -0.15) is 15.0 Å². The number of pyridine rings is 1. The monoisotopic (exact) mass is 853 g/mol. The second kappa shape index (κ2) is 24.7. The van der Waals surface area contributed by atoms with Gasteiger partial charge in [-0.15, -0.1) is 6.42 Å². The number of hydrogen-bond acceptors (Lipinski definition) is 14. The second-order valence-corrected chi connectivity index (χ2v) is 13.9. The molecule has 3 amide bonds. The standard InChI is InChI=1S/C43H51N9O10/c1-3-17-59-19-21-61-23-24-62-22-20-60-18-13-36(54)45-14-7-10-32(28-53)50-42(56)41-48-29-49-52(41)40-38-37(35(58-2)27-47-40)34(26-46-38)39(55)43(57)51-15-11-31(12-16-51)33(25-44)30-8-5-4-6-9-30/h1,4-6,8-9,26-27,29,32,46,53H,7,10-24,28H2,2H3,(H,45,54)(H,50,56)/t32-/m0/s1. The van der Waals surface area contributed by atoms with Gasteiger partial charge in [0.2, 0.25) is 11.7 Å². The van der Waals surface area contributed by atoms with E-state index in [1.54, 1.807) is 0 Å². The van der Waals surface area contributed by atoms with Crippen molar-refractivity contribution in [1.82, 2.24) is 40.3 Å². The number of aliphatic hydroxyl groups is 1. The molecule has 1 atom stereocenters. The van der Waals surface area contributed by atoms with Gasteiger partial charge in [-0.1, -0.05) is 36.3 Å². The normalized spacial score (nSPS) is 13.0. The number of aromatic amines is 1. The van der Waals surface area contributed by atoms with Crippen LogP contribution >= 0.6 is 0 Å². The number of aromatic nitrogens is 5. The van der Waals surface area contributed by atoms with Crippen LogP contribution in [-0.2, 0) is 28.5 Å². The van der Waals surface area contributed by atoms with E-state index < -0.39 is 23.6 Å². The largest absolute Gasteiger partial charge is 0.494 e. The molecular formula is C43H51N9O10. The Hall–Kier alpha value is -6.48. The molecule has 62 heavy (non-hydrogen) atoms. The SMILES string of the molecule is C#CCOCCOCCOCCOCCC(=O)NCCC[C@@H](CO)NC(=O)c1ncnn1-c1ncc(OC)c2c(C(=O)C(=O)N3CCC(=C(C#N)c4ccccc4)CC3)c[nH]c12. The molecule has 0 radical (unpaired) electrons. The maximum Gasteiger partial charge on any atom is 0.295 e. The highest BCUT2D eigenvalue weighted by Crippen LogP contribution is 2.33. The highest BCUT2D eigenvalue weighted by Gasteiger charge is 2.31. The molecule has 1 aromatic carbocycles. The van der Waals surface area contributed by atoms with Gasteiger partial charge in [0.1, 0.15) is 18.7 Å². The summed E-state index contributed by atoms with van der Waals surface area (Å²) in [5, 5.41) is 29.9. The van der Waals surface area contributed by atoms with E-state index in [0.717, 1.165) is 17.5 Å². The van der Waals surface area contributed by atoms with Gasteiger partial charge in [0, 0.05) is 32.3 Å². The molecule has 5 rings (SSSR count). The van der Waals surface area contributed by atoms with Crippen LogP contribution in [0.1, 0.15) is 58.6 Å². The highest BCUT2D eigenvalue weighted by atomic mass is 16.6. The van der Waals surface area contributed by atoms with Gasteiger partial charge in [0.25, 0.3) is 17.6 Å². The number of nitrogens with zero attached hydrogens (tertiary/aromatic N) is 6. The average Bonchev–Trinajstić information content (AvgIpc) is 3.98. The average molecular weight is 854 g/mol. The number of amides is 3. The molecule has 0 spiro atoms. The molecule has 0 unspecified atom stereocenters. The number of terminal acetylenes is 1. The van der Waals surface area contributed by atoms with Crippen LogP contribution in [0, 0.1) is 23.7 Å². The third-order valence-electron chi connectivity index (χ3n) is 9.83. The summed E-state index contributed by atoms with van der Waals surface area (Å²) in [7, 11) is 1.40. The Balaban J connectivity index is 1.10. The number of likely N-dealkylation sites (tertiary alicyclic amines) is 1. The maximum atomic E-state index is 13.8. The number of ether oxygens (including phenoxy) is 5. The van der Waals surface area contributed by atoms with Gasteiger partial charge in [0.05, 0.1) is 100 Å². The number of aliphatic hydroxyl groups excluding tert-OH is 1. The Morgan fingerprint density at radius 2 is 1.68 bits per heavy atom. The number of carbonyl (C=O) groups excluding carboxylic acids is 4. The Labute approximate surface area is 358 Å². The number of hydrogen-bond donors (Lipinski definition) is 4. The fraction of sp³-hybridized carbons (Fsp3) is 0.442. The van der Waals surface area contributed by atoms with Crippen LogP contribution in [0.25, 0.3) is 22.3 Å². The molecule has 328 valence electrons. The summed E-state index contributed by atoms with van der Waals surface area (Å²) in [6.07, 6.45) is 10.9. The lowest BCUT2D eigenvalue weighted by molar-refractivity contribution is -0.126. The van der Waals surface area contributed by atoms with Gasteiger partial charge in [-0.3, -0.25) is 19.2 Å². The lowest BCUT2D eigenvalue weighted by Crippen LogP contribution is -2.40. The van der Waals surface area contributed by atoms with Crippen LogP contribution in [0.3, 0.4) is 0 Å². The van der Waals surface area contributed by atoms with Crippen LogP contribution in [0.4, 0.5) is 0 Å². The van der Waals surface area contributed by atoms with Crippen molar-refractivity contribution in [3.63, 3.8) is 0 Å². The zero-order chi connectivity index (χ0) is 44.1. The minimum absolute atomic E-state index is 0.0441. The lowest BCUT2D eigenvalue weighted by atomic mass is 9.93. The summed E-state index contributed by atoms with van der Waals surface area (Å²) >= 11 is 0. The van der Waals surface area contributed by atoms with Crippen molar-refractivity contribution < 1.29 is 48.0 Å². The predicted octanol–water partition coefficient (Wildman–Crippen LogP) is 2.01. The van der Waals surface area contributed by atoms with Crippen LogP contribution in [-0.4, -0.2) is 150 Å². The predicted molar refractivity (Wildman–Crippen MR) is 224 cm³/mol. The van der Waals surface area contributed by atoms with Crippen molar-refractivity contribution in [2.24, 2.45) is 0 Å².